The Labute approximate surface area is 159 Å². The van der Waals surface area contributed by atoms with Gasteiger partial charge in [-0.05, 0) is 36.4 Å². The summed E-state index contributed by atoms with van der Waals surface area (Å²) in [4.78, 5) is 20.5. The molecule has 0 radical (unpaired) electrons. The molecule has 0 spiro atoms. The zero-order valence-electron chi connectivity index (χ0n) is 14.1. The van der Waals surface area contributed by atoms with Crippen LogP contribution in [0.25, 0.3) is 10.9 Å². The summed E-state index contributed by atoms with van der Waals surface area (Å²) in [6.45, 7) is 0.389. The molecular weight excluding hydrogens is 396 g/mol. The number of ether oxygens (including phenoxy) is 1. The van der Waals surface area contributed by atoms with Crippen LogP contribution < -0.4 is 10.6 Å². The normalized spacial score (nSPS) is 11.0. The Morgan fingerprint density at radius 2 is 2.08 bits per heavy atom. The van der Waals surface area contributed by atoms with Gasteiger partial charge in [0.2, 0.25) is 5.91 Å². The van der Waals surface area contributed by atoms with E-state index in [-0.39, 0.29) is 5.91 Å². The minimum absolute atomic E-state index is 0.222. The lowest BCUT2D eigenvalue weighted by molar-refractivity contribution is -0.111. The van der Waals surface area contributed by atoms with Gasteiger partial charge in [-0.15, -0.1) is 0 Å². The molecule has 0 bridgehead atoms. The van der Waals surface area contributed by atoms with Crippen LogP contribution in [-0.2, 0) is 9.53 Å². The number of rotatable bonds is 6. The Morgan fingerprint density at radius 3 is 2.88 bits per heavy atom. The number of hydrogen-bond acceptors (Lipinski definition) is 5. The molecule has 132 valence electrons. The number of methoxy groups -OCH3 is 1. The van der Waals surface area contributed by atoms with Crippen molar-refractivity contribution in [3.63, 3.8) is 0 Å². The summed E-state index contributed by atoms with van der Waals surface area (Å²) in [5.41, 5.74) is 2.35. The molecule has 7 heteroatoms. The summed E-state index contributed by atoms with van der Waals surface area (Å²) >= 11 is 3.45. The maximum Gasteiger partial charge on any atom is 0.248 e. The smallest absolute Gasteiger partial charge is 0.248 e. The van der Waals surface area contributed by atoms with Gasteiger partial charge in [-0.1, -0.05) is 28.1 Å². The van der Waals surface area contributed by atoms with E-state index in [1.54, 1.807) is 19.3 Å². The van der Waals surface area contributed by atoms with Crippen LogP contribution >= 0.6 is 15.9 Å². The van der Waals surface area contributed by atoms with E-state index in [4.69, 9.17) is 4.74 Å². The Morgan fingerprint density at radius 1 is 1.19 bits per heavy atom. The molecule has 0 unspecified atom stereocenters. The average molecular weight is 413 g/mol. The van der Waals surface area contributed by atoms with Gasteiger partial charge >= 0.3 is 0 Å². The van der Waals surface area contributed by atoms with E-state index in [1.807, 2.05) is 36.4 Å². The number of benzene rings is 2. The highest BCUT2D eigenvalue weighted by atomic mass is 79.9. The number of aromatic nitrogens is 2. The Kier molecular flexibility index (Phi) is 5.93. The van der Waals surface area contributed by atoms with Crippen LogP contribution in [0.5, 0.6) is 0 Å². The van der Waals surface area contributed by atoms with Gasteiger partial charge in [0.15, 0.2) is 0 Å². The van der Waals surface area contributed by atoms with Crippen molar-refractivity contribution in [2.45, 2.75) is 0 Å². The highest BCUT2D eigenvalue weighted by Crippen LogP contribution is 2.26. The van der Waals surface area contributed by atoms with Gasteiger partial charge in [-0.2, -0.15) is 0 Å². The van der Waals surface area contributed by atoms with Gasteiger partial charge in [-0.25, -0.2) is 9.97 Å². The van der Waals surface area contributed by atoms with Crippen molar-refractivity contribution in [3.05, 3.63) is 65.4 Å². The summed E-state index contributed by atoms with van der Waals surface area (Å²) in [7, 11) is 1.57. The zero-order chi connectivity index (χ0) is 18.4. The predicted molar refractivity (Wildman–Crippen MR) is 107 cm³/mol. The minimum atomic E-state index is -0.222. The average Bonchev–Trinajstić information content (AvgIpc) is 2.62. The predicted octanol–water partition coefficient (Wildman–Crippen LogP) is 4.28. The minimum Gasteiger partial charge on any atom is -0.381 e. The summed E-state index contributed by atoms with van der Waals surface area (Å²) in [6, 6.07) is 13.3. The van der Waals surface area contributed by atoms with Crippen LogP contribution in [0.2, 0.25) is 0 Å². The molecule has 2 N–H and O–H groups in total. The number of amides is 1. The molecule has 0 atom stereocenters. The molecule has 0 aliphatic carbocycles. The molecule has 0 aliphatic heterocycles. The molecule has 3 rings (SSSR count). The van der Waals surface area contributed by atoms with E-state index in [9.17, 15) is 4.79 Å². The largest absolute Gasteiger partial charge is 0.381 e. The van der Waals surface area contributed by atoms with Crippen LogP contribution in [0.3, 0.4) is 0 Å². The summed E-state index contributed by atoms with van der Waals surface area (Å²) in [5, 5.41) is 6.92. The van der Waals surface area contributed by atoms with Crippen LogP contribution in [-0.4, -0.2) is 29.6 Å². The fourth-order valence-corrected chi connectivity index (χ4v) is 2.77. The van der Waals surface area contributed by atoms with Crippen molar-refractivity contribution in [2.24, 2.45) is 0 Å². The third-order valence-corrected chi connectivity index (χ3v) is 4.02. The van der Waals surface area contributed by atoms with Crippen molar-refractivity contribution in [1.82, 2.24) is 9.97 Å². The monoisotopic (exact) mass is 412 g/mol. The maximum absolute atomic E-state index is 11.9. The van der Waals surface area contributed by atoms with Crippen LogP contribution in [0.1, 0.15) is 0 Å². The Bertz CT molecular complexity index is 959. The van der Waals surface area contributed by atoms with Crippen molar-refractivity contribution < 1.29 is 9.53 Å². The molecule has 0 aliphatic rings. The first-order valence-electron chi connectivity index (χ1n) is 7.89. The molecule has 0 saturated carbocycles. The summed E-state index contributed by atoms with van der Waals surface area (Å²) in [6.07, 6.45) is 4.60. The first kappa shape index (κ1) is 18.0. The fourth-order valence-electron chi connectivity index (χ4n) is 2.37. The van der Waals surface area contributed by atoms with Crippen LogP contribution in [0.15, 0.2) is 65.4 Å². The third kappa shape index (κ3) is 4.65. The Hall–Kier alpha value is -2.77. The van der Waals surface area contributed by atoms with Gasteiger partial charge in [0.25, 0.3) is 0 Å². The Balaban J connectivity index is 1.87. The molecule has 0 saturated heterocycles. The number of halogens is 1. The molecule has 1 amide bonds. The van der Waals surface area contributed by atoms with Gasteiger partial charge in [0.1, 0.15) is 12.1 Å². The molecule has 2 aromatic carbocycles. The number of nitrogens with zero attached hydrogens (tertiary/aromatic N) is 2. The van der Waals surface area contributed by atoms with E-state index < -0.39 is 0 Å². The second kappa shape index (κ2) is 8.55. The number of carbonyl (C=O) groups is 1. The molecule has 1 aromatic heterocycles. The lowest BCUT2D eigenvalue weighted by Crippen LogP contribution is -2.08. The second-order valence-corrected chi connectivity index (χ2v) is 6.35. The second-order valence-electron chi connectivity index (χ2n) is 5.44. The number of nitrogens with one attached hydrogen (secondary N) is 2. The SMILES string of the molecule is COC/C=C/C(=O)Nc1ccc2ncnc(Nc3cccc(Br)c3)c2c1. The van der Waals surface area contributed by atoms with E-state index in [1.165, 1.54) is 12.4 Å². The maximum atomic E-state index is 11.9. The van der Waals surface area contributed by atoms with Crippen molar-refractivity contribution in [1.29, 1.82) is 0 Å². The number of hydrogen-bond donors (Lipinski definition) is 2. The topological polar surface area (TPSA) is 76.1 Å². The van der Waals surface area contributed by atoms with Crippen molar-refractivity contribution >= 4 is 49.9 Å². The van der Waals surface area contributed by atoms with Crippen LogP contribution in [0.4, 0.5) is 17.2 Å². The summed E-state index contributed by atoms with van der Waals surface area (Å²) < 4.78 is 5.85. The lowest BCUT2D eigenvalue weighted by atomic mass is 10.2. The first-order valence-corrected chi connectivity index (χ1v) is 8.69. The molecule has 1 heterocycles. The molecule has 0 fully saturated rings. The molecule has 26 heavy (non-hydrogen) atoms. The van der Waals surface area contributed by atoms with Gasteiger partial charge in [0, 0.05) is 34.4 Å². The van der Waals surface area contributed by atoms with E-state index in [0.29, 0.717) is 18.1 Å². The standard InChI is InChI=1S/C19H17BrN4O2/c1-26-9-3-6-18(25)23-15-7-8-17-16(11-15)19(22-12-21-17)24-14-5-2-4-13(20)10-14/h2-8,10-12H,9H2,1H3,(H,23,25)(H,21,22,24)/b6-3+. The molecule has 6 nitrogen and oxygen atoms in total. The molecular formula is C19H17BrN4O2. The lowest BCUT2D eigenvalue weighted by Gasteiger charge is -2.10. The number of anilines is 3. The van der Waals surface area contributed by atoms with Gasteiger partial charge in [-0.3, -0.25) is 4.79 Å². The number of fused-ring (bicyclic) bond motifs is 1. The third-order valence-electron chi connectivity index (χ3n) is 3.52. The van der Waals surface area contributed by atoms with Gasteiger partial charge in [0.05, 0.1) is 12.1 Å². The fraction of sp³-hybridized carbons (Fsp3) is 0.105. The van der Waals surface area contributed by atoms with E-state index in [0.717, 1.165) is 21.1 Å². The van der Waals surface area contributed by atoms with Crippen molar-refractivity contribution in [2.75, 3.05) is 24.4 Å². The zero-order valence-corrected chi connectivity index (χ0v) is 15.7. The van der Waals surface area contributed by atoms with Gasteiger partial charge < -0.3 is 15.4 Å². The molecule has 3 aromatic rings. The highest BCUT2D eigenvalue weighted by Gasteiger charge is 2.07. The summed E-state index contributed by atoms with van der Waals surface area (Å²) in [5.74, 6) is 0.443. The van der Waals surface area contributed by atoms with E-state index in [2.05, 4.69) is 36.5 Å². The van der Waals surface area contributed by atoms with Crippen molar-refractivity contribution in [3.8, 4) is 0 Å². The first-order chi connectivity index (χ1) is 12.7. The van der Waals surface area contributed by atoms with Crippen LogP contribution in [0, 0.1) is 0 Å². The highest BCUT2D eigenvalue weighted by molar-refractivity contribution is 9.10. The van der Waals surface area contributed by atoms with E-state index >= 15 is 0 Å². The quantitative estimate of drug-likeness (QED) is 0.590. The number of carbonyl (C=O) groups excluding carboxylic acids is 1.